The Kier molecular flexibility index (Phi) is 5.68. The Labute approximate surface area is 173 Å². The Balaban J connectivity index is 3.21. The fraction of sp³-hybridized carbons (Fsp3) is 0.364. The van der Waals surface area contributed by atoms with Gasteiger partial charge in [0.15, 0.2) is 11.6 Å². The number of aromatic amines is 1. The third kappa shape index (κ3) is 3.99. The van der Waals surface area contributed by atoms with Crippen LogP contribution in [0.4, 0.5) is 5.69 Å². The first-order valence-corrected chi connectivity index (χ1v) is 9.18. The predicted molar refractivity (Wildman–Crippen MR) is 111 cm³/mol. The number of fused-ring (bicyclic) bond motifs is 1. The fourth-order valence-electron chi connectivity index (χ4n) is 2.92. The molecular weight excluding hydrogens is 384 g/mol. The highest BCUT2D eigenvalue weighted by Crippen LogP contribution is 2.23. The van der Waals surface area contributed by atoms with Crippen LogP contribution in [-0.2, 0) is 9.59 Å². The molecule has 8 nitrogen and oxygen atoms in total. The molecule has 0 atom stereocenters. The van der Waals surface area contributed by atoms with Gasteiger partial charge in [0, 0.05) is 33.7 Å². The minimum absolute atomic E-state index is 0.0561. The van der Waals surface area contributed by atoms with Gasteiger partial charge in [0.2, 0.25) is 0 Å². The summed E-state index contributed by atoms with van der Waals surface area (Å²) >= 11 is 0. The molecule has 2 rings (SSSR count). The van der Waals surface area contributed by atoms with Gasteiger partial charge in [-0.1, -0.05) is 41.5 Å². The number of nitrogens with zero attached hydrogens (tertiary/aromatic N) is 3. The maximum atomic E-state index is 12.8. The first-order valence-electron chi connectivity index (χ1n) is 9.18. The topological polar surface area (TPSA) is 141 Å². The lowest BCUT2D eigenvalue weighted by molar-refractivity contribution is -0.384. The number of ketones is 2. The van der Waals surface area contributed by atoms with Crippen molar-refractivity contribution in [3.8, 4) is 12.1 Å². The first kappa shape index (κ1) is 22.5. The zero-order valence-electron chi connectivity index (χ0n) is 17.7. The molecule has 154 valence electrons. The van der Waals surface area contributed by atoms with E-state index in [0.29, 0.717) is 5.39 Å². The largest absolute Gasteiger partial charge is 0.352 e. The van der Waals surface area contributed by atoms with E-state index in [0.717, 1.165) is 0 Å². The number of rotatable bonds is 3. The molecule has 30 heavy (non-hydrogen) atoms. The Morgan fingerprint density at radius 2 is 1.33 bits per heavy atom. The number of nitro benzene ring substituents is 1. The van der Waals surface area contributed by atoms with Crippen molar-refractivity contribution in [3.63, 3.8) is 0 Å². The summed E-state index contributed by atoms with van der Waals surface area (Å²) in [6.07, 6.45) is 0. The van der Waals surface area contributed by atoms with Gasteiger partial charge in [0.25, 0.3) is 5.69 Å². The second-order valence-electron chi connectivity index (χ2n) is 8.99. The van der Waals surface area contributed by atoms with Crippen molar-refractivity contribution in [1.82, 2.24) is 4.98 Å². The number of nitrogens with one attached hydrogen (secondary N) is 1. The van der Waals surface area contributed by atoms with Crippen molar-refractivity contribution in [2.75, 3.05) is 0 Å². The van der Waals surface area contributed by atoms with Crippen LogP contribution in [0.3, 0.4) is 0 Å². The number of carbonyl (C=O) groups is 2. The molecular formula is C22H22N4O4. The number of H-pyrrole nitrogens is 1. The van der Waals surface area contributed by atoms with Crippen LogP contribution in [0.2, 0.25) is 0 Å². The van der Waals surface area contributed by atoms with Gasteiger partial charge in [-0.25, -0.2) is 0 Å². The van der Waals surface area contributed by atoms with Crippen LogP contribution in [0.5, 0.6) is 0 Å². The molecule has 1 aromatic heterocycles. The first-order chi connectivity index (χ1) is 13.7. The van der Waals surface area contributed by atoms with Crippen molar-refractivity contribution in [1.29, 1.82) is 10.5 Å². The van der Waals surface area contributed by atoms with Crippen molar-refractivity contribution in [3.05, 3.63) is 39.0 Å². The number of nitriles is 2. The van der Waals surface area contributed by atoms with Crippen LogP contribution in [0.1, 0.15) is 41.5 Å². The monoisotopic (exact) mass is 406 g/mol. The summed E-state index contributed by atoms with van der Waals surface area (Å²) in [5.41, 5.74) is -2.37. The summed E-state index contributed by atoms with van der Waals surface area (Å²) in [6.45, 7) is 9.95. The van der Waals surface area contributed by atoms with Gasteiger partial charge < -0.3 is 4.98 Å². The molecule has 0 unspecified atom stereocenters. The lowest BCUT2D eigenvalue weighted by Crippen LogP contribution is -2.29. The average Bonchev–Trinajstić information content (AvgIpc) is 3.00. The zero-order chi connectivity index (χ0) is 23.0. The Morgan fingerprint density at radius 1 is 0.900 bits per heavy atom. The van der Waals surface area contributed by atoms with Crippen molar-refractivity contribution < 1.29 is 14.5 Å². The molecule has 8 heteroatoms. The third-order valence-corrected chi connectivity index (χ3v) is 4.54. The van der Waals surface area contributed by atoms with Crippen molar-refractivity contribution in [2.24, 2.45) is 10.8 Å². The zero-order valence-corrected chi connectivity index (χ0v) is 17.7. The summed E-state index contributed by atoms with van der Waals surface area (Å²) < 4.78 is 0. The molecule has 0 radical (unpaired) electrons. The van der Waals surface area contributed by atoms with Crippen LogP contribution >= 0.6 is 0 Å². The Bertz CT molecular complexity index is 1290. The van der Waals surface area contributed by atoms with Gasteiger partial charge in [0.1, 0.15) is 23.3 Å². The second kappa shape index (κ2) is 7.57. The normalized spacial score (nSPS) is 13.9. The SMILES string of the molecule is CC(C)(C)C(=O)/C(C#N)=c1\[nH]/c(=C(/C#N)C(=O)C(C)(C)C)c2cc([N+](=O)[O-])ccc12. The standard InChI is InChI=1S/C22H22N4O4/c1-21(2,3)19(27)15(10-23)17-13-8-7-12(26(29)30)9-14(13)18(25-17)16(11-24)20(28)22(4,5)6/h7-9,25H,1-6H3/b17-15-,18-16-. The van der Waals surface area contributed by atoms with E-state index in [1.54, 1.807) is 41.5 Å². The van der Waals surface area contributed by atoms with Crippen LogP contribution < -0.4 is 10.7 Å². The maximum Gasteiger partial charge on any atom is 0.270 e. The molecule has 0 aliphatic carbocycles. The number of benzene rings is 1. The van der Waals surface area contributed by atoms with Crippen molar-refractivity contribution in [2.45, 2.75) is 41.5 Å². The maximum absolute atomic E-state index is 12.8. The number of hydrogen-bond acceptors (Lipinski definition) is 6. The van der Waals surface area contributed by atoms with E-state index in [1.807, 2.05) is 12.1 Å². The molecule has 1 heterocycles. The smallest absolute Gasteiger partial charge is 0.270 e. The van der Waals surface area contributed by atoms with E-state index < -0.39 is 27.3 Å². The van der Waals surface area contributed by atoms with Crippen LogP contribution in [-0.4, -0.2) is 21.5 Å². The van der Waals surface area contributed by atoms with Crippen LogP contribution in [0, 0.1) is 43.6 Å². The fourth-order valence-corrected chi connectivity index (χ4v) is 2.92. The molecule has 0 bridgehead atoms. The quantitative estimate of drug-likeness (QED) is 0.613. The highest BCUT2D eigenvalue weighted by molar-refractivity contribution is 6.24. The van der Waals surface area contributed by atoms with Gasteiger partial charge in [-0.15, -0.1) is 0 Å². The lowest BCUT2D eigenvalue weighted by Gasteiger charge is -2.15. The Morgan fingerprint density at radius 3 is 1.70 bits per heavy atom. The Hall–Kier alpha value is -3.78. The minimum Gasteiger partial charge on any atom is -0.352 e. The van der Waals surface area contributed by atoms with Crippen LogP contribution in [0.15, 0.2) is 18.2 Å². The van der Waals surface area contributed by atoms with E-state index >= 15 is 0 Å². The van der Waals surface area contributed by atoms with Gasteiger partial charge in [-0.2, -0.15) is 10.5 Å². The number of carbonyl (C=O) groups excluding carboxylic acids is 2. The molecule has 0 fully saturated rings. The summed E-state index contributed by atoms with van der Waals surface area (Å²) in [4.78, 5) is 39.2. The van der Waals surface area contributed by atoms with Gasteiger partial charge in [-0.05, 0) is 6.07 Å². The molecule has 1 N–H and O–H groups in total. The number of hydrogen-bond donors (Lipinski definition) is 1. The number of Topliss-reactive ketones (excluding diaryl/α,β-unsaturated/α-hetero) is 2. The van der Waals surface area contributed by atoms with E-state index in [9.17, 15) is 30.2 Å². The highest BCUT2D eigenvalue weighted by atomic mass is 16.6. The van der Waals surface area contributed by atoms with Gasteiger partial charge in [0.05, 0.1) is 15.6 Å². The van der Waals surface area contributed by atoms with Gasteiger partial charge in [-0.3, -0.25) is 19.7 Å². The lowest BCUT2D eigenvalue weighted by atomic mass is 9.86. The molecule has 0 saturated heterocycles. The second-order valence-corrected chi connectivity index (χ2v) is 8.99. The molecule has 0 spiro atoms. The molecule has 0 saturated carbocycles. The number of nitro groups is 1. The molecule has 2 aromatic rings. The van der Waals surface area contributed by atoms with E-state index in [-0.39, 0.29) is 32.9 Å². The molecule has 0 aliphatic rings. The molecule has 1 aromatic carbocycles. The number of aromatic nitrogens is 1. The molecule has 0 amide bonds. The summed E-state index contributed by atoms with van der Waals surface area (Å²) in [6, 6.07) is 7.68. The van der Waals surface area contributed by atoms with E-state index in [2.05, 4.69) is 4.98 Å². The van der Waals surface area contributed by atoms with E-state index in [4.69, 9.17) is 0 Å². The minimum atomic E-state index is -0.883. The predicted octanol–water partition coefficient (Wildman–Crippen LogP) is 2.66. The molecule has 0 aliphatic heterocycles. The van der Waals surface area contributed by atoms with Crippen LogP contribution in [0.25, 0.3) is 21.9 Å². The summed E-state index contributed by atoms with van der Waals surface area (Å²) in [5, 5.41) is 31.4. The summed E-state index contributed by atoms with van der Waals surface area (Å²) in [7, 11) is 0. The van der Waals surface area contributed by atoms with Crippen molar-refractivity contribution >= 4 is 39.2 Å². The van der Waals surface area contributed by atoms with Gasteiger partial charge >= 0.3 is 0 Å². The summed E-state index contributed by atoms with van der Waals surface area (Å²) in [5.74, 6) is -0.898. The number of non-ortho nitro benzene ring substituents is 1. The van der Waals surface area contributed by atoms with E-state index in [1.165, 1.54) is 18.2 Å². The third-order valence-electron chi connectivity index (χ3n) is 4.54. The average molecular weight is 406 g/mol. The highest BCUT2D eigenvalue weighted by Gasteiger charge is 2.29.